The fourth-order valence-electron chi connectivity index (χ4n) is 5.35. The number of amides is 2. The molecule has 2 heterocycles. The predicted molar refractivity (Wildman–Crippen MR) is 164 cm³/mol. The van der Waals surface area contributed by atoms with Gasteiger partial charge in [-0.1, -0.05) is 54.6 Å². The van der Waals surface area contributed by atoms with Crippen LogP contribution in [0.1, 0.15) is 41.7 Å². The molecule has 1 atom stereocenters. The molecule has 1 unspecified atom stereocenters. The highest BCUT2D eigenvalue weighted by atomic mass is 32.2. The molecule has 1 saturated heterocycles. The van der Waals surface area contributed by atoms with Gasteiger partial charge in [0.15, 0.2) is 0 Å². The van der Waals surface area contributed by atoms with E-state index in [-0.39, 0.29) is 48.5 Å². The van der Waals surface area contributed by atoms with Crippen LogP contribution in [0.2, 0.25) is 0 Å². The highest BCUT2D eigenvalue weighted by Gasteiger charge is 2.31. The highest BCUT2D eigenvalue weighted by molar-refractivity contribution is 7.89. The van der Waals surface area contributed by atoms with Crippen LogP contribution in [0.3, 0.4) is 0 Å². The first-order valence-electron chi connectivity index (χ1n) is 14.8. The Bertz CT molecular complexity index is 1620. The fraction of sp³-hybridized carbons (Fsp3) is 0.294. The van der Waals surface area contributed by atoms with Crippen LogP contribution in [0.15, 0.2) is 107 Å². The van der Waals surface area contributed by atoms with Crippen LogP contribution in [-0.2, 0) is 45.5 Å². The van der Waals surface area contributed by atoms with Gasteiger partial charge in [0.2, 0.25) is 21.8 Å². The molecule has 1 aliphatic heterocycles. The summed E-state index contributed by atoms with van der Waals surface area (Å²) < 4.78 is 46.4. The largest absolute Gasteiger partial charge is 0.467 e. The number of sulfonamides is 1. The molecule has 44 heavy (non-hydrogen) atoms. The number of furan rings is 1. The van der Waals surface area contributed by atoms with Crippen molar-refractivity contribution in [1.82, 2.24) is 14.5 Å². The third kappa shape index (κ3) is 8.00. The Morgan fingerprint density at radius 2 is 1.55 bits per heavy atom. The maximum Gasteiger partial charge on any atom is 0.243 e. The van der Waals surface area contributed by atoms with Gasteiger partial charge < -0.3 is 14.6 Å². The van der Waals surface area contributed by atoms with Crippen molar-refractivity contribution in [1.29, 1.82) is 0 Å². The van der Waals surface area contributed by atoms with E-state index in [9.17, 15) is 22.4 Å². The molecule has 5 rings (SSSR count). The monoisotopic (exact) mass is 617 g/mol. The van der Waals surface area contributed by atoms with Crippen LogP contribution in [0, 0.1) is 5.82 Å². The Kier molecular flexibility index (Phi) is 10.2. The van der Waals surface area contributed by atoms with Crippen molar-refractivity contribution in [2.75, 3.05) is 13.1 Å². The molecule has 1 aromatic heterocycles. The van der Waals surface area contributed by atoms with Crippen molar-refractivity contribution in [3.8, 4) is 0 Å². The van der Waals surface area contributed by atoms with E-state index >= 15 is 0 Å². The van der Waals surface area contributed by atoms with Gasteiger partial charge in [-0.25, -0.2) is 12.8 Å². The summed E-state index contributed by atoms with van der Waals surface area (Å²) in [5.41, 5.74) is 2.38. The van der Waals surface area contributed by atoms with Crippen molar-refractivity contribution in [2.24, 2.45) is 0 Å². The first-order chi connectivity index (χ1) is 21.3. The molecule has 1 N–H and O–H groups in total. The number of nitrogens with zero attached hydrogens (tertiary/aromatic N) is 2. The van der Waals surface area contributed by atoms with E-state index in [1.165, 1.54) is 22.7 Å². The van der Waals surface area contributed by atoms with Crippen molar-refractivity contribution in [2.45, 2.75) is 56.1 Å². The minimum absolute atomic E-state index is 0.0934. The van der Waals surface area contributed by atoms with Crippen molar-refractivity contribution in [3.05, 3.63) is 126 Å². The summed E-state index contributed by atoms with van der Waals surface area (Å²) in [5.74, 6) is -0.392. The summed E-state index contributed by atoms with van der Waals surface area (Å²) >= 11 is 0. The number of benzene rings is 3. The van der Waals surface area contributed by atoms with E-state index in [1.54, 1.807) is 53.4 Å². The molecule has 0 radical (unpaired) electrons. The van der Waals surface area contributed by atoms with Crippen LogP contribution in [0.4, 0.5) is 4.39 Å². The van der Waals surface area contributed by atoms with E-state index in [4.69, 9.17) is 4.42 Å². The standard InChI is InChI=1S/C34H36FN3O5S/c35-29-15-10-28(11-16-29)25-38(32(23-27-7-2-1-3-8-27)34(40)36-24-30-9-6-22-43-30)33(39)19-14-26-12-17-31(18-13-26)44(41,42)37-20-4-5-21-37/h1-3,6-13,15-18,22,32H,4-5,14,19-21,23-25H2,(H,36,40). The van der Waals surface area contributed by atoms with Crippen LogP contribution >= 0.6 is 0 Å². The van der Waals surface area contributed by atoms with Gasteiger partial charge in [0.25, 0.3) is 0 Å². The topological polar surface area (TPSA) is 99.9 Å². The predicted octanol–water partition coefficient (Wildman–Crippen LogP) is 5.09. The van der Waals surface area contributed by atoms with E-state index in [0.29, 0.717) is 30.8 Å². The first kappa shape index (κ1) is 31.2. The number of nitrogens with one attached hydrogen (secondary N) is 1. The second kappa shape index (κ2) is 14.5. The van der Waals surface area contributed by atoms with Gasteiger partial charge in [0.05, 0.1) is 17.7 Å². The molecule has 2 amide bonds. The third-order valence-corrected chi connectivity index (χ3v) is 9.72. The molecule has 8 nitrogen and oxygen atoms in total. The molecule has 0 bridgehead atoms. The Balaban J connectivity index is 1.35. The third-order valence-electron chi connectivity index (χ3n) is 7.81. The molecule has 0 aliphatic carbocycles. The molecule has 10 heteroatoms. The molecule has 230 valence electrons. The van der Waals surface area contributed by atoms with E-state index in [1.807, 2.05) is 30.3 Å². The lowest BCUT2D eigenvalue weighted by Gasteiger charge is -2.31. The summed E-state index contributed by atoms with van der Waals surface area (Å²) in [7, 11) is -3.53. The van der Waals surface area contributed by atoms with Crippen LogP contribution in [0.5, 0.6) is 0 Å². The lowest BCUT2D eigenvalue weighted by Crippen LogP contribution is -2.50. The summed E-state index contributed by atoms with van der Waals surface area (Å²) in [6, 6.07) is 24.6. The molecular weight excluding hydrogens is 581 g/mol. The minimum atomic E-state index is -3.53. The van der Waals surface area contributed by atoms with Crippen LogP contribution in [0.25, 0.3) is 0 Å². The van der Waals surface area contributed by atoms with Gasteiger partial charge in [-0.3, -0.25) is 9.59 Å². The van der Waals surface area contributed by atoms with E-state index in [2.05, 4.69) is 5.32 Å². The number of carbonyl (C=O) groups is 2. The lowest BCUT2D eigenvalue weighted by atomic mass is 10.0. The zero-order chi connectivity index (χ0) is 30.9. The number of halogens is 1. The zero-order valence-corrected chi connectivity index (χ0v) is 25.2. The van der Waals surface area contributed by atoms with Gasteiger partial charge in [0, 0.05) is 32.5 Å². The summed E-state index contributed by atoms with van der Waals surface area (Å²) in [5, 5.41) is 2.91. The lowest BCUT2D eigenvalue weighted by molar-refractivity contribution is -0.141. The van der Waals surface area contributed by atoms with Crippen LogP contribution < -0.4 is 5.32 Å². The second-order valence-electron chi connectivity index (χ2n) is 10.9. The Morgan fingerprint density at radius 1 is 0.864 bits per heavy atom. The Hall–Kier alpha value is -4.28. The number of hydrogen-bond acceptors (Lipinski definition) is 5. The van der Waals surface area contributed by atoms with Gasteiger partial charge in [-0.15, -0.1) is 0 Å². The fourth-order valence-corrected chi connectivity index (χ4v) is 6.86. The van der Waals surface area contributed by atoms with Crippen molar-refractivity contribution >= 4 is 21.8 Å². The molecule has 0 saturated carbocycles. The molecule has 1 fully saturated rings. The molecule has 3 aromatic carbocycles. The highest BCUT2D eigenvalue weighted by Crippen LogP contribution is 2.22. The molecule has 1 aliphatic rings. The zero-order valence-electron chi connectivity index (χ0n) is 24.4. The normalized spacial score (nSPS) is 14.3. The van der Waals surface area contributed by atoms with Gasteiger partial charge in [-0.05, 0) is 72.4 Å². The second-order valence-corrected chi connectivity index (χ2v) is 12.8. The SMILES string of the molecule is O=C(NCc1ccco1)C(Cc1ccccc1)N(Cc1ccc(F)cc1)C(=O)CCc1ccc(S(=O)(=O)N2CCCC2)cc1. The molecular formula is C34H36FN3O5S. The number of hydrogen-bond donors (Lipinski definition) is 1. The van der Waals surface area contributed by atoms with Crippen LogP contribution in [-0.4, -0.2) is 48.6 Å². The van der Waals surface area contributed by atoms with E-state index in [0.717, 1.165) is 24.0 Å². The van der Waals surface area contributed by atoms with Crippen molar-refractivity contribution < 1.29 is 26.8 Å². The average Bonchev–Trinajstić information content (AvgIpc) is 3.78. The van der Waals surface area contributed by atoms with Crippen molar-refractivity contribution in [3.63, 3.8) is 0 Å². The first-order valence-corrected chi connectivity index (χ1v) is 16.2. The maximum atomic E-state index is 13.9. The summed E-state index contributed by atoms with van der Waals surface area (Å²) in [6.45, 7) is 1.34. The average molecular weight is 618 g/mol. The number of aryl methyl sites for hydroxylation is 1. The minimum Gasteiger partial charge on any atom is -0.467 e. The number of carbonyl (C=O) groups excluding carboxylic acids is 2. The quantitative estimate of drug-likeness (QED) is 0.225. The molecule has 0 spiro atoms. The van der Waals surface area contributed by atoms with E-state index < -0.39 is 16.1 Å². The number of rotatable bonds is 13. The smallest absolute Gasteiger partial charge is 0.243 e. The summed E-state index contributed by atoms with van der Waals surface area (Å²) in [6.07, 6.45) is 3.98. The molecule has 4 aromatic rings. The Morgan fingerprint density at radius 3 is 2.20 bits per heavy atom. The maximum absolute atomic E-state index is 13.9. The van der Waals surface area contributed by atoms with Gasteiger partial charge >= 0.3 is 0 Å². The Labute approximate surface area is 257 Å². The van der Waals surface area contributed by atoms with Gasteiger partial charge in [-0.2, -0.15) is 4.31 Å². The summed E-state index contributed by atoms with van der Waals surface area (Å²) in [4.78, 5) is 29.4. The van der Waals surface area contributed by atoms with Gasteiger partial charge in [0.1, 0.15) is 17.6 Å².